The average molecular weight is 445 g/mol. The molecule has 1 aliphatic heterocycles. The molecule has 0 amide bonds. The van der Waals surface area contributed by atoms with Gasteiger partial charge in [-0.3, -0.25) is 4.79 Å². The van der Waals surface area contributed by atoms with E-state index in [1.165, 1.54) is 44.9 Å². The molecule has 7 nitrogen and oxygen atoms in total. The van der Waals surface area contributed by atoms with E-state index in [2.05, 4.69) is 19.1 Å². The Morgan fingerprint density at radius 3 is 1.94 bits per heavy atom. The summed E-state index contributed by atoms with van der Waals surface area (Å²) in [5.41, 5.74) is 0. The summed E-state index contributed by atoms with van der Waals surface area (Å²) in [5, 5.41) is 38.5. The Morgan fingerprint density at radius 2 is 1.35 bits per heavy atom. The predicted octanol–water partition coefficient (Wildman–Crippen LogP) is 3.37. The molecule has 1 aliphatic rings. The van der Waals surface area contributed by atoms with Crippen molar-refractivity contribution in [3.8, 4) is 0 Å². The third kappa shape index (κ3) is 12.0. The van der Waals surface area contributed by atoms with Gasteiger partial charge in [0, 0.05) is 6.42 Å². The van der Waals surface area contributed by atoms with Crippen LogP contribution < -0.4 is 0 Å². The first-order valence-electron chi connectivity index (χ1n) is 12.2. The van der Waals surface area contributed by atoms with Crippen molar-refractivity contribution in [1.29, 1.82) is 0 Å². The zero-order valence-corrected chi connectivity index (χ0v) is 19.2. The first kappa shape index (κ1) is 28.0. The lowest BCUT2D eigenvalue weighted by Crippen LogP contribution is -2.59. The maximum Gasteiger partial charge on any atom is 0.308 e. The average Bonchev–Trinajstić information content (AvgIpc) is 2.76. The van der Waals surface area contributed by atoms with Crippen LogP contribution in [0.2, 0.25) is 0 Å². The van der Waals surface area contributed by atoms with Gasteiger partial charge in [-0.1, -0.05) is 70.4 Å². The quantitative estimate of drug-likeness (QED) is 0.154. The summed E-state index contributed by atoms with van der Waals surface area (Å²) in [6.07, 6.45) is 13.0. The summed E-state index contributed by atoms with van der Waals surface area (Å²) in [6.45, 7) is 1.69. The smallest absolute Gasteiger partial charge is 0.308 e. The van der Waals surface area contributed by atoms with Crippen LogP contribution in [0.3, 0.4) is 0 Å². The van der Waals surface area contributed by atoms with Crippen LogP contribution in [-0.2, 0) is 14.3 Å². The highest BCUT2D eigenvalue weighted by Gasteiger charge is 2.45. The van der Waals surface area contributed by atoms with E-state index in [0.29, 0.717) is 6.42 Å². The van der Waals surface area contributed by atoms with Crippen LogP contribution in [0.4, 0.5) is 0 Å². The second-order valence-electron chi connectivity index (χ2n) is 8.52. The van der Waals surface area contributed by atoms with Gasteiger partial charge in [-0.15, -0.1) is 0 Å². The molecule has 7 heteroatoms. The third-order valence-electron chi connectivity index (χ3n) is 5.74. The van der Waals surface area contributed by atoms with Gasteiger partial charge in [-0.2, -0.15) is 0 Å². The molecule has 1 heterocycles. The van der Waals surface area contributed by atoms with Crippen LogP contribution in [0.25, 0.3) is 0 Å². The van der Waals surface area contributed by atoms with Gasteiger partial charge in [0.2, 0.25) is 6.29 Å². The summed E-state index contributed by atoms with van der Waals surface area (Å²) in [6, 6.07) is 0. The molecule has 1 rings (SSSR count). The van der Waals surface area contributed by atoms with E-state index >= 15 is 0 Å². The van der Waals surface area contributed by atoms with Gasteiger partial charge in [-0.25, -0.2) is 0 Å². The van der Waals surface area contributed by atoms with Crippen molar-refractivity contribution in [2.75, 3.05) is 6.61 Å². The van der Waals surface area contributed by atoms with Gasteiger partial charge in [0.05, 0.1) is 6.61 Å². The first-order valence-corrected chi connectivity index (χ1v) is 12.2. The van der Waals surface area contributed by atoms with E-state index in [1.807, 2.05) is 0 Å². The SMILES string of the molecule is CCCCCCCC/C=C/CCCCCCCC(=O)OC1O[C@H](CO)[C@@H](O)[C@H](O)[C@H]1O. The number of aliphatic hydroxyl groups is 4. The Bertz CT molecular complexity index is 481. The van der Waals surface area contributed by atoms with Crippen molar-refractivity contribution in [2.45, 2.75) is 128 Å². The number of ether oxygens (including phenoxy) is 2. The molecule has 0 radical (unpaired) electrons. The van der Waals surface area contributed by atoms with Gasteiger partial charge >= 0.3 is 5.97 Å². The zero-order valence-electron chi connectivity index (χ0n) is 19.2. The van der Waals surface area contributed by atoms with Crippen LogP contribution in [-0.4, -0.2) is 63.7 Å². The van der Waals surface area contributed by atoms with E-state index in [4.69, 9.17) is 14.6 Å². The number of carbonyl (C=O) groups excluding carboxylic acids is 1. The molecular formula is C24H44O7. The molecule has 1 saturated heterocycles. The van der Waals surface area contributed by atoms with E-state index < -0.39 is 43.3 Å². The Kier molecular flexibility index (Phi) is 15.9. The van der Waals surface area contributed by atoms with Gasteiger partial charge in [0.1, 0.15) is 24.4 Å². The summed E-state index contributed by atoms with van der Waals surface area (Å²) in [7, 11) is 0. The summed E-state index contributed by atoms with van der Waals surface area (Å²) in [5.74, 6) is -0.526. The topological polar surface area (TPSA) is 116 Å². The van der Waals surface area contributed by atoms with Gasteiger partial charge in [0.15, 0.2) is 0 Å². The fourth-order valence-electron chi connectivity index (χ4n) is 3.69. The van der Waals surface area contributed by atoms with E-state index in [-0.39, 0.29) is 6.42 Å². The molecule has 0 aromatic carbocycles. The molecule has 0 spiro atoms. The Balaban J connectivity index is 1.99. The minimum atomic E-state index is -1.55. The maximum absolute atomic E-state index is 11.9. The van der Waals surface area contributed by atoms with Crippen LogP contribution in [0.5, 0.6) is 0 Å². The zero-order chi connectivity index (χ0) is 22.9. The Hall–Kier alpha value is -0.990. The summed E-state index contributed by atoms with van der Waals surface area (Å²) in [4.78, 5) is 11.9. The second-order valence-corrected chi connectivity index (χ2v) is 8.52. The van der Waals surface area contributed by atoms with Crippen molar-refractivity contribution >= 4 is 5.97 Å². The number of allylic oxidation sites excluding steroid dienone is 2. The number of rotatable bonds is 17. The second kappa shape index (κ2) is 17.6. The number of unbranched alkanes of at least 4 members (excludes halogenated alkanes) is 11. The molecule has 0 saturated carbocycles. The molecule has 0 aliphatic carbocycles. The monoisotopic (exact) mass is 444 g/mol. The molecule has 31 heavy (non-hydrogen) atoms. The number of aliphatic hydroxyl groups excluding tert-OH is 4. The molecule has 182 valence electrons. The Morgan fingerprint density at radius 1 is 0.806 bits per heavy atom. The largest absolute Gasteiger partial charge is 0.433 e. The van der Waals surface area contributed by atoms with Crippen molar-refractivity contribution in [1.82, 2.24) is 0 Å². The molecule has 1 fully saturated rings. The lowest BCUT2D eigenvalue weighted by Gasteiger charge is -2.39. The van der Waals surface area contributed by atoms with E-state index in [9.17, 15) is 20.1 Å². The molecule has 0 aromatic heterocycles. The number of hydrogen-bond acceptors (Lipinski definition) is 7. The van der Waals surface area contributed by atoms with Gasteiger partial charge in [0.25, 0.3) is 0 Å². The van der Waals surface area contributed by atoms with Crippen molar-refractivity contribution in [3.05, 3.63) is 12.2 Å². The predicted molar refractivity (Wildman–Crippen MR) is 119 cm³/mol. The van der Waals surface area contributed by atoms with Crippen LogP contribution in [0, 0.1) is 0 Å². The van der Waals surface area contributed by atoms with Crippen LogP contribution in [0.1, 0.15) is 96.8 Å². The fraction of sp³-hybridized carbons (Fsp3) is 0.875. The minimum absolute atomic E-state index is 0.202. The van der Waals surface area contributed by atoms with E-state index in [1.54, 1.807) is 0 Å². The van der Waals surface area contributed by atoms with Crippen LogP contribution in [0.15, 0.2) is 12.2 Å². The molecular weight excluding hydrogens is 400 g/mol. The van der Waals surface area contributed by atoms with Gasteiger partial charge < -0.3 is 29.9 Å². The molecule has 0 bridgehead atoms. The van der Waals surface area contributed by atoms with Crippen molar-refractivity contribution < 1.29 is 34.7 Å². The molecule has 0 aromatic rings. The summed E-state index contributed by atoms with van der Waals surface area (Å²) < 4.78 is 10.2. The summed E-state index contributed by atoms with van der Waals surface area (Å²) >= 11 is 0. The molecule has 1 unspecified atom stereocenters. The number of esters is 1. The minimum Gasteiger partial charge on any atom is -0.433 e. The first-order chi connectivity index (χ1) is 15.0. The van der Waals surface area contributed by atoms with Crippen molar-refractivity contribution in [2.24, 2.45) is 0 Å². The van der Waals surface area contributed by atoms with Crippen molar-refractivity contribution in [3.63, 3.8) is 0 Å². The highest BCUT2D eigenvalue weighted by atomic mass is 16.7. The molecule has 5 atom stereocenters. The maximum atomic E-state index is 11.9. The standard InChI is InChI=1S/C24H44O7/c1-2-3-4-5-6-7-8-9-10-11-12-13-14-15-16-17-20(26)31-24-23(29)22(28)21(27)19(18-25)30-24/h9-10,19,21-25,27-29H,2-8,11-18H2,1H3/b10-9+/t19-,21-,22+,23-,24?/m1/s1. The van der Waals surface area contributed by atoms with Crippen LogP contribution >= 0.6 is 0 Å². The normalized spacial score (nSPS) is 26.4. The fourth-order valence-corrected chi connectivity index (χ4v) is 3.69. The van der Waals surface area contributed by atoms with Gasteiger partial charge in [-0.05, 0) is 32.1 Å². The lowest BCUT2D eigenvalue weighted by molar-refractivity contribution is -0.292. The third-order valence-corrected chi connectivity index (χ3v) is 5.74. The number of carbonyl (C=O) groups is 1. The highest BCUT2D eigenvalue weighted by Crippen LogP contribution is 2.22. The highest BCUT2D eigenvalue weighted by molar-refractivity contribution is 5.69. The Labute approximate surface area is 187 Å². The molecule has 4 N–H and O–H groups in total. The number of hydrogen-bond donors (Lipinski definition) is 4. The van der Waals surface area contributed by atoms with E-state index in [0.717, 1.165) is 32.1 Å². The lowest BCUT2D eigenvalue weighted by atomic mass is 9.99.